The van der Waals surface area contributed by atoms with Crippen LogP contribution in [0.1, 0.15) is 25.6 Å². The van der Waals surface area contributed by atoms with Crippen LogP contribution < -0.4 is 5.73 Å². The van der Waals surface area contributed by atoms with Crippen molar-refractivity contribution in [3.63, 3.8) is 0 Å². The second kappa shape index (κ2) is 4.80. The molecule has 0 amide bonds. The van der Waals surface area contributed by atoms with Crippen molar-refractivity contribution in [3.8, 4) is 0 Å². The first-order chi connectivity index (χ1) is 8.04. The Morgan fingerprint density at radius 1 is 1.47 bits per heavy atom. The molecular formula is C13H23N3O. The molecule has 4 heteroatoms. The summed E-state index contributed by atoms with van der Waals surface area (Å²) >= 11 is 0. The Labute approximate surface area is 103 Å². The minimum Gasteiger partial charge on any atom is -0.468 e. The number of nitrogens with two attached hydrogens (primary N) is 1. The summed E-state index contributed by atoms with van der Waals surface area (Å²) in [6, 6.07) is 4.15. The van der Waals surface area contributed by atoms with Gasteiger partial charge in [0, 0.05) is 31.7 Å². The third-order valence-corrected chi connectivity index (χ3v) is 3.88. The summed E-state index contributed by atoms with van der Waals surface area (Å²) in [7, 11) is 2.18. The molecule has 1 saturated heterocycles. The molecule has 1 aliphatic heterocycles. The third kappa shape index (κ3) is 2.54. The SMILES string of the molecule is CN1CCN(C(CN)c2ccco2)CC1(C)C. The predicted molar refractivity (Wildman–Crippen MR) is 68.8 cm³/mol. The largest absolute Gasteiger partial charge is 0.468 e. The molecule has 1 aliphatic rings. The Kier molecular flexibility index (Phi) is 3.56. The zero-order chi connectivity index (χ0) is 12.5. The third-order valence-electron chi connectivity index (χ3n) is 3.88. The van der Waals surface area contributed by atoms with Crippen LogP contribution in [-0.2, 0) is 0 Å². The maximum Gasteiger partial charge on any atom is 0.122 e. The predicted octanol–water partition coefficient (Wildman–Crippen LogP) is 1.31. The van der Waals surface area contributed by atoms with Crippen molar-refractivity contribution in [1.82, 2.24) is 9.80 Å². The molecule has 17 heavy (non-hydrogen) atoms. The van der Waals surface area contributed by atoms with Crippen LogP contribution in [0, 0.1) is 0 Å². The van der Waals surface area contributed by atoms with Gasteiger partial charge in [-0.05, 0) is 33.0 Å². The van der Waals surface area contributed by atoms with E-state index in [0.717, 1.165) is 25.4 Å². The number of rotatable bonds is 3. The van der Waals surface area contributed by atoms with Gasteiger partial charge in [-0.1, -0.05) is 0 Å². The normalized spacial score (nSPS) is 23.8. The Morgan fingerprint density at radius 3 is 2.76 bits per heavy atom. The average Bonchev–Trinajstić information content (AvgIpc) is 2.77. The second-order valence-electron chi connectivity index (χ2n) is 5.47. The first-order valence-electron chi connectivity index (χ1n) is 6.23. The first kappa shape index (κ1) is 12.6. The number of nitrogens with zero attached hydrogens (tertiary/aromatic N) is 2. The zero-order valence-corrected chi connectivity index (χ0v) is 11.0. The lowest BCUT2D eigenvalue weighted by Gasteiger charge is -2.47. The lowest BCUT2D eigenvalue weighted by molar-refractivity contribution is 0.0133. The molecule has 1 atom stereocenters. The van der Waals surface area contributed by atoms with Gasteiger partial charge in [0.15, 0.2) is 0 Å². The van der Waals surface area contributed by atoms with Gasteiger partial charge in [-0.2, -0.15) is 0 Å². The topological polar surface area (TPSA) is 45.6 Å². The number of likely N-dealkylation sites (N-methyl/N-ethyl adjacent to an activating group) is 1. The standard InChI is InChI=1S/C13H23N3O/c1-13(2)10-16(7-6-15(13)3)11(9-14)12-5-4-8-17-12/h4-5,8,11H,6-7,9-10,14H2,1-3H3. The minimum atomic E-state index is 0.193. The highest BCUT2D eigenvalue weighted by atomic mass is 16.3. The van der Waals surface area contributed by atoms with Crippen LogP contribution in [-0.4, -0.2) is 48.6 Å². The molecule has 2 rings (SSSR count). The van der Waals surface area contributed by atoms with Gasteiger partial charge in [-0.15, -0.1) is 0 Å². The Hall–Kier alpha value is -0.840. The summed E-state index contributed by atoms with van der Waals surface area (Å²) in [4.78, 5) is 4.83. The van der Waals surface area contributed by atoms with E-state index in [4.69, 9.17) is 10.2 Å². The molecule has 96 valence electrons. The van der Waals surface area contributed by atoms with Gasteiger partial charge in [-0.25, -0.2) is 0 Å². The van der Waals surface area contributed by atoms with E-state index in [9.17, 15) is 0 Å². The van der Waals surface area contributed by atoms with Crippen molar-refractivity contribution in [1.29, 1.82) is 0 Å². The molecule has 0 aliphatic carbocycles. The van der Waals surface area contributed by atoms with Gasteiger partial charge in [0.05, 0.1) is 12.3 Å². The quantitative estimate of drug-likeness (QED) is 0.861. The van der Waals surface area contributed by atoms with Crippen LogP contribution in [0.15, 0.2) is 22.8 Å². The lowest BCUT2D eigenvalue weighted by Crippen LogP contribution is -2.58. The Bertz CT molecular complexity index is 348. The number of hydrogen-bond acceptors (Lipinski definition) is 4. The average molecular weight is 237 g/mol. The van der Waals surface area contributed by atoms with Gasteiger partial charge in [0.2, 0.25) is 0 Å². The van der Waals surface area contributed by atoms with Gasteiger partial charge in [0.25, 0.3) is 0 Å². The maximum absolute atomic E-state index is 5.90. The molecule has 0 aromatic carbocycles. The fourth-order valence-corrected chi connectivity index (χ4v) is 2.47. The fraction of sp³-hybridized carbons (Fsp3) is 0.692. The van der Waals surface area contributed by atoms with Crippen molar-refractivity contribution in [3.05, 3.63) is 24.2 Å². The van der Waals surface area contributed by atoms with E-state index >= 15 is 0 Å². The fourth-order valence-electron chi connectivity index (χ4n) is 2.47. The number of hydrogen-bond donors (Lipinski definition) is 1. The molecule has 1 aromatic rings. The molecule has 1 aromatic heterocycles. The zero-order valence-electron chi connectivity index (χ0n) is 11.0. The molecule has 1 unspecified atom stereocenters. The van der Waals surface area contributed by atoms with Crippen LogP contribution >= 0.6 is 0 Å². The Morgan fingerprint density at radius 2 is 2.24 bits per heavy atom. The van der Waals surface area contributed by atoms with Gasteiger partial charge >= 0.3 is 0 Å². The van der Waals surface area contributed by atoms with E-state index in [0.29, 0.717) is 6.54 Å². The van der Waals surface area contributed by atoms with E-state index < -0.39 is 0 Å². The van der Waals surface area contributed by atoms with E-state index in [1.54, 1.807) is 6.26 Å². The van der Waals surface area contributed by atoms with Crippen LogP contribution in [0.2, 0.25) is 0 Å². The molecule has 0 saturated carbocycles. The van der Waals surface area contributed by atoms with Crippen molar-refractivity contribution in [2.45, 2.75) is 25.4 Å². The molecule has 1 fully saturated rings. The molecule has 0 bridgehead atoms. The van der Waals surface area contributed by atoms with Crippen LogP contribution in [0.4, 0.5) is 0 Å². The van der Waals surface area contributed by atoms with E-state index in [1.165, 1.54) is 0 Å². The number of furan rings is 1. The molecular weight excluding hydrogens is 214 g/mol. The van der Waals surface area contributed by atoms with Crippen molar-refractivity contribution >= 4 is 0 Å². The van der Waals surface area contributed by atoms with E-state index in [-0.39, 0.29) is 11.6 Å². The van der Waals surface area contributed by atoms with E-state index in [2.05, 4.69) is 30.7 Å². The van der Waals surface area contributed by atoms with Gasteiger partial charge in [0.1, 0.15) is 5.76 Å². The van der Waals surface area contributed by atoms with Crippen molar-refractivity contribution in [2.24, 2.45) is 5.73 Å². The van der Waals surface area contributed by atoms with Gasteiger partial charge in [-0.3, -0.25) is 9.80 Å². The van der Waals surface area contributed by atoms with Crippen LogP contribution in [0.25, 0.3) is 0 Å². The van der Waals surface area contributed by atoms with Crippen LogP contribution in [0.3, 0.4) is 0 Å². The molecule has 4 nitrogen and oxygen atoms in total. The minimum absolute atomic E-state index is 0.193. The lowest BCUT2D eigenvalue weighted by atomic mass is 9.98. The maximum atomic E-state index is 5.90. The first-order valence-corrected chi connectivity index (χ1v) is 6.23. The number of piperazine rings is 1. The molecule has 0 radical (unpaired) electrons. The van der Waals surface area contributed by atoms with Gasteiger partial charge < -0.3 is 10.2 Å². The highest BCUT2D eigenvalue weighted by Gasteiger charge is 2.34. The van der Waals surface area contributed by atoms with Crippen molar-refractivity contribution < 1.29 is 4.42 Å². The highest BCUT2D eigenvalue weighted by Crippen LogP contribution is 2.27. The highest BCUT2D eigenvalue weighted by molar-refractivity contribution is 5.07. The van der Waals surface area contributed by atoms with Crippen molar-refractivity contribution in [2.75, 3.05) is 33.2 Å². The smallest absolute Gasteiger partial charge is 0.122 e. The summed E-state index contributed by atoms with van der Waals surface area (Å²) in [6.45, 7) is 8.29. The summed E-state index contributed by atoms with van der Waals surface area (Å²) in [5, 5.41) is 0. The summed E-state index contributed by atoms with van der Waals surface area (Å²) in [5.74, 6) is 0.979. The summed E-state index contributed by atoms with van der Waals surface area (Å²) in [6.07, 6.45) is 1.72. The Balaban J connectivity index is 2.11. The molecule has 2 heterocycles. The second-order valence-corrected chi connectivity index (χ2v) is 5.47. The summed E-state index contributed by atoms with van der Waals surface area (Å²) < 4.78 is 5.50. The molecule has 2 N–H and O–H groups in total. The van der Waals surface area contributed by atoms with Crippen LogP contribution in [0.5, 0.6) is 0 Å². The monoisotopic (exact) mass is 237 g/mol. The summed E-state index contributed by atoms with van der Waals surface area (Å²) in [5.41, 5.74) is 6.10. The van der Waals surface area contributed by atoms with E-state index in [1.807, 2.05) is 12.1 Å². The molecule has 0 spiro atoms.